The fraction of sp³-hybridized carbons (Fsp3) is 0.364. The third-order valence-corrected chi connectivity index (χ3v) is 5.82. The molecule has 0 amide bonds. The molecule has 5 rings (SSSR count). The van der Waals surface area contributed by atoms with Crippen LogP contribution >= 0.6 is 11.6 Å². The van der Waals surface area contributed by atoms with Crippen molar-refractivity contribution >= 4 is 22.5 Å². The van der Waals surface area contributed by atoms with Gasteiger partial charge in [0, 0.05) is 17.5 Å². The van der Waals surface area contributed by atoms with Gasteiger partial charge in [-0.15, -0.1) is 0 Å². The summed E-state index contributed by atoms with van der Waals surface area (Å²) in [5, 5.41) is 1.05. The van der Waals surface area contributed by atoms with Gasteiger partial charge in [0.25, 0.3) is 5.56 Å². The van der Waals surface area contributed by atoms with E-state index in [4.69, 9.17) is 21.1 Å². The van der Waals surface area contributed by atoms with E-state index in [2.05, 4.69) is 27.0 Å². The number of fused-ring (bicyclic) bond motifs is 2. The normalized spacial score (nSPS) is 19.4. The van der Waals surface area contributed by atoms with Crippen LogP contribution in [0.2, 0.25) is 5.02 Å². The Bertz CT molecular complexity index is 1110. The molecule has 3 heterocycles. The molecule has 7 heteroatoms. The first-order valence-electron chi connectivity index (χ1n) is 9.99. The third kappa shape index (κ3) is 3.70. The van der Waals surface area contributed by atoms with Crippen LogP contribution in [0.15, 0.2) is 41.2 Å². The molecule has 29 heavy (non-hydrogen) atoms. The Labute approximate surface area is 173 Å². The van der Waals surface area contributed by atoms with Gasteiger partial charge in [-0.1, -0.05) is 17.7 Å². The van der Waals surface area contributed by atoms with Crippen LogP contribution in [0.5, 0.6) is 11.5 Å². The minimum atomic E-state index is -0.154. The van der Waals surface area contributed by atoms with Gasteiger partial charge in [-0.2, -0.15) is 0 Å². The van der Waals surface area contributed by atoms with Gasteiger partial charge in [-0.3, -0.25) is 9.69 Å². The van der Waals surface area contributed by atoms with Crippen molar-refractivity contribution in [2.45, 2.75) is 31.8 Å². The van der Waals surface area contributed by atoms with Crippen molar-refractivity contribution in [2.24, 2.45) is 0 Å². The number of hydrogen-bond donors (Lipinski definition) is 1. The molecule has 2 aliphatic rings. The topological polar surface area (TPSA) is 67.5 Å². The summed E-state index contributed by atoms with van der Waals surface area (Å²) < 4.78 is 11.6. The van der Waals surface area contributed by atoms with E-state index in [1.165, 1.54) is 5.56 Å². The fourth-order valence-electron chi connectivity index (χ4n) is 4.21. The SMILES string of the molecule is O=c1[nH]c(CN2CCC[C@@H]2c2ccc3c(c2)OCCCO3)nc2ccc(Cl)cc12. The summed E-state index contributed by atoms with van der Waals surface area (Å²) in [5.41, 5.74) is 1.72. The van der Waals surface area contributed by atoms with Gasteiger partial charge < -0.3 is 14.5 Å². The number of rotatable bonds is 3. The number of halogens is 1. The van der Waals surface area contributed by atoms with Crippen LogP contribution in [0, 0.1) is 0 Å². The van der Waals surface area contributed by atoms with E-state index in [1.54, 1.807) is 18.2 Å². The molecule has 2 aliphatic heterocycles. The van der Waals surface area contributed by atoms with Crippen LogP contribution in [0.3, 0.4) is 0 Å². The zero-order chi connectivity index (χ0) is 19.8. The lowest BCUT2D eigenvalue weighted by Gasteiger charge is -2.25. The van der Waals surface area contributed by atoms with Gasteiger partial charge in [0.15, 0.2) is 11.5 Å². The highest BCUT2D eigenvalue weighted by Gasteiger charge is 2.28. The number of aromatic nitrogens is 2. The molecule has 150 valence electrons. The molecular weight excluding hydrogens is 390 g/mol. The molecule has 1 saturated heterocycles. The molecule has 0 saturated carbocycles. The first kappa shape index (κ1) is 18.5. The predicted octanol–water partition coefficient (Wildman–Crippen LogP) is 4.07. The molecule has 2 aromatic carbocycles. The second-order valence-corrected chi connectivity index (χ2v) is 8.00. The summed E-state index contributed by atoms with van der Waals surface area (Å²) >= 11 is 6.01. The molecule has 0 aliphatic carbocycles. The predicted molar refractivity (Wildman–Crippen MR) is 112 cm³/mol. The van der Waals surface area contributed by atoms with Gasteiger partial charge in [-0.05, 0) is 55.3 Å². The lowest BCUT2D eigenvalue weighted by atomic mass is 10.0. The van der Waals surface area contributed by atoms with E-state index in [0.29, 0.717) is 41.5 Å². The average molecular weight is 412 g/mol. The van der Waals surface area contributed by atoms with Crippen LogP contribution in [-0.4, -0.2) is 34.6 Å². The van der Waals surface area contributed by atoms with E-state index in [-0.39, 0.29) is 11.6 Å². The van der Waals surface area contributed by atoms with Crippen molar-refractivity contribution in [1.29, 1.82) is 0 Å². The van der Waals surface area contributed by atoms with E-state index in [9.17, 15) is 4.79 Å². The second-order valence-electron chi connectivity index (χ2n) is 7.56. The van der Waals surface area contributed by atoms with Crippen molar-refractivity contribution in [1.82, 2.24) is 14.9 Å². The summed E-state index contributed by atoms with van der Waals surface area (Å²) in [5.74, 6) is 2.31. The molecule has 1 aromatic heterocycles. The molecule has 1 atom stereocenters. The Morgan fingerprint density at radius 2 is 1.97 bits per heavy atom. The van der Waals surface area contributed by atoms with Crippen molar-refractivity contribution in [3.8, 4) is 11.5 Å². The Hall–Kier alpha value is -2.57. The van der Waals surface area contributed by atoms with Gasteiger partial charge in [-0.25, -0.2) is 4.98 Å². The summed E-state index contributed by atoms with van der Waals surface area (Å²) in [6, 6.07) is 11.7. The van der Waals surface area contributed by atoms with Gasteiger partial charge in [0.2, 0.25) is 0 Å². The largest absolute Gasteiger partial charge is 0.490 e. The highest BCUT2D eigenvalue weighted by molar-refractivity contribution is 6.31. The lowest BCUT2D eigenvalue weighted by molar-refractivity contribution is 0.241. The number of H-pyrrole nitrogens is 1. The monoisotopic (exact) mass is 411 g/mol. The molecule has 3 aromatic rings. The number of nitrogens with zero attached hydrogens (tertiary/aromatic N) is 2. The molecule has 6 nitrogen and oxygen atoms in total. The Kier molecular flexibility index (Phi) is 4.89. The Morgan fingerprint density at radius 1 is 1.10 bits per heavy atom. The van der Waals surface area contributed by atoms with Crippen LogP contribution in [0.4, 0.5) is 0 Å². The Balaban J connectivity index is 1.42. The van der Waals surface area contributed by atoms with Gasteiger partial charge in [0.05, 0.1) is 30.7 Å². The molecule has 0 bridgehead atoms. The van der Waals surface area contributed by atoms with Crippen molar-refractivity contribution in [3.63, 3.8) is 0 Å². The number of aromatic amines is 1. The highest BCUT2D eigenvalue weighted by atomic mass is 35.5. The molecular formula is C22H22ClN3O3. The maximum Gasteiger partial charge on any atom is 0.258 e. The number of ether oxygens (including phenoxy) is 2. The second kappa shape index (κ2) is 7.69. The van der Waals surface area contributed by atoms with Crippen LogP contribution in [-0.2, 0) is 6.54 Å². The van der Waals surface area contributed by atoms with Gasteiger partial charge in [0.1, 0.15) is 5.82 Å². The third-order valence-electron chi connectivity index (χ3n) is 5.59. The Morgan fingerprint density at radius 3 is 2.86 bits per heavy atom. The summed E-state index contributed by atoms with van der Waals surface area (Å²) in [6.07, 6.45) is 3.06. The van der Waals surface area contributed by atoms with Crippen LogP contribution < -0.4 is 15.0 Å². The minimum absolute atomic E-state index is 0.154. The number of nitrogens with one attached hydrogen (secondary N) is 1. The smallest absolute Gasteiger partial charge is 0.258 e. The fourth-order valence-corrected chi connectivity index (χ4v) is 4.38. The maximum absolute atomic E-state index is 12.5. The van der Waals surface area contributed by atoms with E-state index < -0.39 is 0 Å². The zero-order valence-corrected chi connectivity index (χ0v) is 16.7. The highest BCUT2D eigenvalue weighted by Crippen LogP contribution is 2.38. The van der Waals surface area contributed by atoms with Crippen molar-refractivity contribution in [2.75, 3.05) is 19.8 Å². The zero-order valence-electron chi connectivity index (χ0n) is 16.0. The molecule has 1 fully saturated rings. The minimum Gasteiger partial charge on any atom is -0.490 e. The number of likely N-dealkylation sites (tertiary alicyclic amines) is 1. The summed E-state index contributed by atoms with van der Waals surface area (Å²) in [6.45, 7) is 2.92. The molecule has 0 spiro atoms. The van der Waals surface area contributed by atoms with E-state index in [1.807, 2.05) is 6.07 Å². The quantitative estimate of drug-likeness (QED) is 0.703. The maximum atomic E-state index is 12.5. The first-order valence-corrected chi connectivity index (χ1v) is 10.4. The number of benzene rings is 2. The van der Waals surface area contributed by atoms with Crippen LogP contribution in [0.1, 0.15) is 36.7 Å². The molecule has 0 unspecified atom stereocenters. The average Bonchev–Trinajstić information content (AvgIpc) is 3.04. The standard InChI is InChI=1S/C22H22ClN3O3/c23-15-5-6-17-16(12-15)22(27)25-21(24-17)13-26-8-1-3-18(26)14-4-7-19-20(11-14)29-10-2-9-28-19/h4-7,11-12,18H,1-3,8-10,13H2,(H,24,25,27)/t18-/m1/s1. The van der Waals surface area contributed by atoms with Crippen molar-refractivity contribution < 1.29 is 9.47 Å². The first-order chi connectivity index (χ1) is 14.2. The molecule has 0 radical (unpaired) electrons. The van der Waals surface area contributed by atoms with Crippen molar-refractivity contribution in [3.05, 3.63) is 63.2 Å². The number of hydrogen-bond acceptors (Lipinski definition) is 5. The van der Waals surface area contributed by atoms with E-state index in [0.717, 1.165) is 37.3 Å². The summed E-state index contributed by atoms with van der Waals surface area (Å²) in [7, 11) is 0. The summed E-state index contributed by atoms with van der Waals surface area (Å²) in [4.78, 5) is 22.4. The van der Waals surface area contributed by atoms with E-state index >= 15 is 0 Å². The van der Waals surface area contributed by atoms with Gasteiger partial charge >= 0.3 is 0 Å². The van der Waals surface area contributed by atoms with Crippen LogP contribution in [0.25, 0.3) is 10.9 Å². The lowest BCUT2D eigenvalue weighted by Crippen LogP contribution is -2.25. The molecule has 1 N–H and O–H groups in total.